The number of hydrogen-bond donors (Lipinski definition) is 0. The molecule has 0 spiro atoms. The molecule has 0 radical (unpaired) electrons. The number of aliphatic imine (C=N–C) groups is 1. The second-order valence-electron chi connectivity index (χ2n) is 10.9. The summed E-state index contributed by atoms with van der Waals surface area (Å²) in [7, 11) is -3.13. The Morgan fingerprint density at radius 1 is 0.875 bits per heavy atom. The number of thioether (sulfide) groups is 1. The van der Waals surface area contributed by atoms with Crippen LogP contribution in [0.1, 0.15) is 24.0 Å². The Kier molecular flexibility index (Phi) is 7.93. The molecular formula is C31H32ClN3O3S2. The predicted molar refractivity (Wildman–Crippen MR) is 165 cm³/mol. The zero-order valence-electron chi connectivity index (χ0n) is 22.2. The van der Waals surface area contributed by atoms with Gasteiger partial charge in [0.05, 0.1) is 24.0 Å². The van der Waals surface area contributed by atoms with E-state index in [-0.39, 0.29) is 35.1 Å². The van der Waals surface area contributed by atoms with E-state index >= 15 is 0 Å². The van der Waals surface area contributed by atoms with E-state index in [1.807, 2.05) is 29.2 Å². The lowest BCUT2D eigenvalue weighted by Gasteiger charge is -2.34. The molecule has 3 saturated heterocycles. The minimum Gasteiger partial charge on any atom is -0.372 e. The monoisotopic (exact) mass is 593 g/mol. The third kappa shape index (κ3) is 6.24. The Hall–Kier alpha value is -2.81. The van der Waals surface area contributed by atoms with Crippen molar-refractivity contribution in [2.24, 2.45) is 10.9 Å². The van der Waals surface area contributed by atoms with Crippen molar-refractivity contribution in [3.05, 3.63) is 95.0 Å². The first-order valence-corrected chi connectivity index (χ1v) is 16.8. The van der Waals surface area contributed by atoms with E-state index in [0.717, 1.165) is 43.6 Å². The first-order chi connectivity index (χ1) is 19.3. The summed E-state index contributed by atoms with van der Waals surface area (Å²) in [5.41, 5.74) is 4.29. The van der Waals surface area contributed by atoms with E-state index in [1.165, 1.54) is 23.0 Å². The van der Waals surface area contributed by atoms with E-state index in [2.05, 4.69) is 52.4 Å². The number of amides is 1. The van der Waals surface area contributed by atoms with Crippen LogP contribution >= 0.6 is 23.4 Å². The molecule has 3 heterocycles. The van der Waals surface area contributed by atoms with Crippen molar-refractivity contribution >= 4 is 55.6 Å². The molecule has 6 rings (SSSR count). The van der Waals surface area contributed by atoms with Gasteiger partial charge in [-0.15, -0.1) is 0 Å². The number of benzene rings is 3. The molecule has 3 fully saturated rings. The molecule has 40 heavy (non-hydrogen) atoms. The summed E-state index contributed by atoms with van der Waals surface area (Å²) < 4.78 is 24.9. The van der Waals surface area contributed by atoms with Crippen LogP contribution in [0.4, 0.5) is 11.4 Å². The highest BCUT2D eigenvalue weighted by atomic mass is 35.5. The molecule has 208 valence electrons. The number of rotatable bonds is 6. The third-order valence-electron chi connectivity index (χ3n) is 8.03. The Bertz CT molecular complexity index is 1490. The first kappa shape index (κ1) is 27.4. The molecule has 0 N–H and O–H groups in total. The largest absolute Gasteiger partial charge is 0.372 e. The Balaban J connectivity index is 1.16. The van der Waals surface area contributed by atoms with E-state index in [0.29, 0.717) is 16.1 Å². The molecule has 9 heteroatoms. The van der Waals surface area contributed by atoms with Crippen molar-refractivity contribution in [2.75, 3.05) is 34.4 Å². The number of carbonyl (C=O) groups is 1. The Morgan fingerprint density at radius 3 is 2.25 bits per heavy atom. The van der Waals surface area contributed by atoms with Gasteiger partial charge in [0.15, 0.2) is 15.0 Å². The fourth-order valence-corrected chi connectivity index (χ4v) is 10.0. The van der Waals surface area contributed by atoms with Crippen LogP contribution in [0.2, 0.25) is 5.02 Å². The van der Waals surface area contributed by atoms with Crippen LogP contribution in [0.25, 0.3) is 0 Å². The summed E-state index contributed by atoms with van der Waals surface area (Å²) in [5.74, 6) is 0.628. The van der Waals surface area contributed by atoms with E-state index < -0.39 is 9.84 Å². The van der Waals surface area contributed by atoms with Crippen molar-refractivity contribution in [2.45, 2.75) is 37.0 Å². The normalized spacial score (nSPS) is 23.5. The molecule has 3 aliphatic heterocycles. The molecule has 0 bridgehead atoms. The molecular weight excluding hydrogens is 562 g/mol. The van der Waals surface area contributed by atoms with Gasteiger partial charge < -0.3 is 9.80 Å². The molecule has 0 aliphatic carbocycles. The number of sulfone groups is 1. The summed E-state index contributed by atoms with van der Waals surface area (Å²) in [4.78, 5) is 21.8. The number of amidine groups is 1. The van der Waals surface area contributed by atoms with Crippen molar-refractivity contribution in [1.82, 2.24) is 0 Å². The molecule has 0 saturated carbocycles. The number of carbonyl (C=O) groups excluding carboxylic acids is 1. The number of fused-ring (bicyclic) bond motifs is 1. The highest BCUT2D eigenvalue weighted by Gasteiger charge is 2.49. The maximum atomic E-state index is 12.9. The molecule has 3 aromatic rings. The highest BCUT2D eigenvalue weighted by molar-refractivity contribution is 8.16. The topological polar surface area (TPSA) is 70.0 Å². The average Bonchev–Trinajstić information content (AvgIpc) is 3.41. The maximum absolute atomic E-state index is 12.9. The van der Waals surface area contributed by atoms with Crippen LogP contribution in [-0.4, -0.2) is 55.4 Å². The van der Waals surface area contributed by atoms with Gasteiger partial charge in [-0.3, -0.25) is 4.79 Å². The van der Waals surface area contributed by atoms with Crippen LogP contribution < -0.4 is 9.80 Å². The number of anilines is 2. The zero-order chi connectivity index (χ0) is 27.7. The number of piperidine rings is 1. The highest BCUT2D eigenvalue weighted by Crippen LogP contribution is 2.41. The SMILES string of the molecule is O=C(Cc1ccc(Cl)cc1)N=C1S[C@@H]2CS(=O)(=O)C[C@H]2N1c1ccc(N2CCC(Cc3ccccc3)CC2)cc1. The summed E-state index contributed by atoms with van der Waals surface area (Å²) in [6, 6.07) is 26.0. The first-order valence-electron chi connectivity index (χ1n) is 13.7. The Labute approximate surface area is 245 Å². The number of nitrogens with zero attached hydrogens (tertiary/aromatic N) is 3. The van der Waals surface area contributed by atoms with Crippen LogP contribution in [0.5, 0.6) is 0 Å². The van der Waals surface area contributed by atoms with Crippen LogP contribution in [0.3, 0.4) is 0 Å². The summed E-state index contributed by atoms with van der Waals surface area (Å²) in [5, 5.41) is 1.07. The van der Waals surface area contributed by atoms with Crippen LogP contribution in [-0.2, 0) is 27.5 Å². The van der Waals surface area contributed by atoms with E-state index in [1.54, 1.807) is 12.1 Å². The standard InChI is InChI=1S/C31H32ClN3O3S2/c32-25-8-6-23(7-9-25)19-30(36)33-31-35(28-20-40(37,38)21-29(28)39-31)27-12-10-26(11-13-27)34-16-14-24(15-17-34)18-22-4-2-1-3-5-22/h1-13,24,28-29H,14-21H2/t28-,29-/m1/s1. The average molecular weight is 594 g/mol. The van der Waals surface area contributed by atoms with Crippen LogP contribution in [0, 0.1) is 5.92 Å². The van der Waals surface area contributed by atoms with E-state index in [4.69, 9.17) is 11.6 Å². The quantitative estimate of drug-likeness (QED) is 0.368. The van der Waals surface area contributed by atoms with Crippen LogP contribution in [0.15, 0.2) is 83.9 Å². The maximum Gasteiger partial charge on any atom is 0.252 e. The predicted octanol–water partition coefficient (Wildman–Crippen LogP) is 5.64. The molecule has 3 aromatic carbocycles. The fourth-order valence-electron chi connectivity index (χ4n) is 5.96. The molecule has 0 aromatic heterocycles. The molecule has 0 unspecified atom stereocenters. The molecule has 6 nitrogen and oxygen atoms in total. The van der Waals surface area contributed by atoms with Gasteiger partial charge in [0.25, 0.3) is 5.91 Å². The van der Waals surface area contributed by atoms with E-state index in [9.17, 15) is 13.2 Å². The summed E-state index contributed by atoms with van der Waals surface area (Å²) in [6.45, 7) is 2.04. The van der Waals surface area contributed by atoms with Crippen molar-refractivity contribution < 1.29 is 13.2 Å². The third-order valence-corrected chi connectivity index (χ3v) is 11.5. The lowest BCUT2D eigenvalue weighted by molar-refractivity contribution is -0.117. The number of halogens is 1. The lowest BCUT2D eigenvalue weighted by Crippen LogP contribution is -2.38. The van der Waals surface area contributed by atoms with Gasteiger partial charge in [-0.2, -0.15) is 4.99 Å². The van der Waals surface area contributed by atoms with Gasteiger partial charge >= 0.3 is 0 Å². The van der Waals surface area contributed by atoms with Crippen molar-refractivity contribution in [3.8, 4) is 0 Å². The van der Waals surface area contributed by atoms with Gasteiger partial charge in [0.2, 0.25) is 0 Å². The second kappa shape index (κ2) is 11.6. The Morgan fingerprint density at radius 2 is 1.55 bits per heavy atom. The fraction of sp³-hybridized carbons (Fsp3) is 0.355. The molecule has 2 atom stereocenters. The molecule has 3 aliphatic rings. The van der Waals surface area contributed by atoms with Gasteiger partial charge in [0, 0.05) is 34.7 Å². The van der Waals surface area contributed by atoms with Crippen molar-refractivity contribution in [1.29, 1.82) is 0 Å². The van der Waals surface area contributed by atoms with Gasteiger partial charge in [-0.1, -0.05) is 65.8 Å². The summed E-state index contributed by atoms with van der Waals surface area (Å²) in [6.07, 6.45) is 3.62. The van der Waals surface area contributed by atoms with Crippen molar-refractivity contribution in [3.63, 3.8) is 0 Å². The zero-order valence-corrected chi connectivity index (χ0v) is 24.5. The smallest absolute Gasteiger partial charge is 0.252 e. The van der Waals surface area contributed by atoms with Gasteiger partial charge in [-0.05, 0) is 72.7 Å². The minimum absolute atomic E-state index is 0.0751. The number of hydrogen-bond acceptors (Lipinski definition) is 5. The lowest BCUT2D eigenvalue weighted by atomic mass is 9.90. The van der Waals surface area contributed by atoms with Gasteiger partial charge in [0.1, 0.15) is 0 Å². The minimum atomic E-state index is -3.13. The second-order valence-corrected chi connectivity index (χ2v) is 14.7. The molecule has 1 amide bonds. The van der Waals surface area contributed by atoms with Gasteiger partial charge in [-0.25, -0.2) is 8.42 Å². The summed E-state index contributed by atoms with van der Waals surface area (Å²) >= 11 is 7.38.